The van der Waals surface area contributed by atoms with Crippen LogP contribution in [0.5, 0.6) is 0 Å². The van der Waals surface area contributed by atoms with Gasteiger partial charge in [0.2, 0.25) is 10.0 Å². The number of carbonyl (C=O) groups is 1. The number of rotatable bonds is 5. The van der Waals surface area contributed by atoms with Crippen LogP contribution in [0.4, 0.5) is 0 Å². The predicted molar refractivity (Wildman–Crippen MR) is 78.1 cm³/mol. The summed E-state index contributed by atoms with van der Waals surface area (Å²) < 4.78 is 25.5. The van der Waals surface area contributed by atoms with Crippen LogP contribution in [0.15, 0.2) is 24.3 Å². The Hall–Kier alpha value is -1.40. The van der Waals surface area contributed by atoms with Crippen LogP contribution in [0.3, 0.4) is 0 Å². The fourth-order valence-corrected chi connectivity index (χ4v) is 3.74. The largest absolute Gasteiger partial charge is 0.351 e. The third kappa shape index (κ3) is 3.58. The number of nitrogens with one attached hydrogen (secondary N) is 1. The molecule has 0 spiro atoms. The Morgan fingerprint density at radius 2 is 1.90 bits per heavy atom. The van der Waals surface area contributed by atoms with Crippen molar-refractivity contribution in [2.24, 2.45) is 0 Å². The van der Waals surface area contributed by atoms with Gasteiger partial charge in [0.1, 0.15) is 0 Å². The maximum Gasteiger partial charge on any atom is 0.251 e. The second-order valence-corrected chi connectivity index (χ2v) is 7.08. The summed E-state index contributed by atoms with van der Waals surface area (Å²) in [4.78, 5) is 12.0. The van der Waals surface area contributed by atoms with Gasteiger partial charge in [-0.3, -0.25) is 4.79 Å². The van der Waals surface area contributed by atoms with Gasteiger partial charge in [-0.1, -0.05) is 18.2 Å². The summed E-state index contributed by atoms with van der Waals surface area (Å²) in [6, 6.07) is 7.25. The van der Waals surface area contributed by atoms with E-state index in [0.29, 0.717) is 18.7 Å². The fraction of sp³-hybridized carbons (Fsp3) is 0.500. The van der Waals surface area contributed by atoms with Gasteiger partial charge in [0.25, 0.3) is 5.91 Å². The van der Waals surface area contributed by atoms with Crippen LogP contribution in [0.2, 0.25) is 0 Å². The van der Waals surface area contributed by atoms with Gasteiger partial charge in [0, 0.05) is 25.2 Å². The first-order valence-electron chi connectivity index (χ1n) is 6.82. The fourth-order valence-electron chi connectivity index (χ4n) is 2.31. The van der Waals surface area contributed by atoms with E-state index in [1.54, 1.807) is 12.1 Å². The van der Waals surface area contributed by atoms with Crippen molar-refractivity contribution in [3.8, 4) is 0 Å². The van der Waals surface area contributed by atoms with Crippen LogP contribution < -0.4 is 5.32 Å². The van der Waals surface area contributed by atoms with Crippen molar-refractivity contribution in [3.63, 3.8) is 0 Å². The van der Waals surface area contributed by atoms with Crippen molar-refractivity contribution in [3.05, 3.63) is 35.4 Å². The summed E-state index contributed by atoms with van der Waals surface area (Å²) >= 11 is 0. The standard InChI is InChI=1S/C14H20N2O3S/c1-12-6-2-3-7-13(12)14(17)15-8-11-20(18,19)16-9-4-5-10-16/h2-3,6-7H,4-5,8-11H2,1H3,(H,15,17). The first kappa shape index (κ1) is 15.0. The summed E-state index contributed by atoms with van der Waals surface area (Å²) in [5.41, 5.74) is 1.47. The van der Waals surface area contributed by atoms with E-state index in [4.69, 9.17) is 0 Å². The van der Waals surface area contributed by atoms with Crippen LogP contribution in [-0.2, 0) is 10.0 Å². The lowest BCUT2D eigenvalue weighted by Gasteiger charge is -2.15. The smallest absolute Gasteiger partial charge is 0.251 e. The molecule has 1 fully saturated rings. The Morgan fingerprint density at radius 1 is 1.25 bits per heavy atom. The molecule has 1 aromatic carbocycles. The molecule has 2 rings (SSSR count). The molecule has 1 N–H and O–H groups in total. The Labute approximate surface area is 120 Å². The number of sulfonamides is 1. The van der Waals surface area contributed by atoms with Crippen molar-refractivity contribution in [1.29, 1.82) is 0 Å². The third-order valence-corrected chi connectivity index (χ3v) is 5.37. The van der Waals surface area contributed by atoms with E-state index in [1.165, 1.54) is 4.31 Å². The van der Waals surface area contributed by atoms with Crippen LogP contribution in [0.25, 0.3) is 0 Å². The molecule has 0 atom stereocenters. The zero-order valence-electron chi connectivity index (χ0n) is 11.6. The lowest BCUT2D eigenvalue weighted by molar-refractivity contribution is 0.0955. The highest BCUT2D eigenvalue weighted by Crippen LogP contribution is 2.12. The van der Waals surface area contributed by atoms with E-state index in [-0.39, 0.29) is 18.2 Å². The molecule has 0 unspecified atom stereocenters. The molecule has 1 aliphatic heterocycles. The van der Waals surface area contributed by atoms with E-state index >= 15 is 0 Å². The molecule has 1 aliphatic rings. The van der Waals surface area contributed by atoms with Gasteiger partial charge in [-0.25, -0.2) is 12.7 Å². The Morgan fingerprint density at radius 3 is 2.55 bits per heavy atom. The SMILES string of the molecule is Cc1ccccc1C(=O)NCCS(=O)(=O)N1CCCC1. The quantitative estimate of drug-likeness (QED) is 0.886. The van der Waals surface area contributed by atoms with E-state index in [9.17, 15) is 13.2 Å². The van der Waals surface area contributed by atoms with Crippen molar-refractivity contribution < 1.29 is 13.2 Å². The van der Waals surface area contributed by atoms with Gasteiger partial charge in [0.15, 0.2) is 0 Å². The first-order valence-corrected chi connectivity index (χ1v) is 8.43. The molecule has 6 heteroatoms. The summed E-state index contributed by atoms with van der Waals surface area (Å²) in [5, 5.41) is 2.67. The summed E-state index contributed by atoms with van der Waals surface area (Å²) in [7, 11) is -3.23. The second kappa shape index (κ2) is 6.37. The zero-order chi connectivity index (χ0) is 14.6. The highest BCUT2D eigenvalue weighted by Gasteiger charge is 2.24. The average molecular weight is 296 g/mol. The van der Waals surface area contributed by atoms with Gasteiger partial charge in [0.05, 0.1) is 5.75 Å². The van der Waals surface area contributed by atoms with Gasteiger partial charge in [-0.15, -0.1) is 0 Å². The summed E-state index contributed by atoms with van der Waals surface area (Å²) in [6.07, 6.45) is 1.85. The minimum Gasteiger partial charge on any atom is -0.351 e. The average Bonchev–Trinajstić information content (AvgIpc) is 2.93. The zero-order valence-corrected chi connectivity index (χ0v) is 12.4. The van der Waals surface area contributed by atoms with Gasteiger partial charge in [-0.05, 0) is 31.4 Å². The molecule has 110 valence electrons. The number of nitrogens with zero attached hydrogens (tertiary/aromatic N) is 1. The monoisotopic (exact) mass is 296 g/mol. The lowest BCUT2D eigenvalue weighted by Crippen LogP contribution is -2.36. The number of carbonyl (C=O) groups excluding carboxylic acids is 1. The molecule has 0 aromatic heterocycles. The van der Waals surface area contributed by atoms with Crippen LogP contribution in [-0.4, -0.2) is 44.0 Å². The summed E-state index contributed by atoms with van der Waals surface area (Å²) in [6.45, 7) is 3.21. The first-order chi connectivity index (χ1) is 9.50. The lowest BCUT2D eigenvalue weighted by atomic mass is 10.1. The molecule has 1 amide bonds. The molecule has 0 aliphatic carbocycles. The molecule has 0 saturated carbocycles. The normalized spacial score (nSPS) is 16.2. The maximum absolute atomic E-state index is 12.0. The second-order valence-electron chi connectivity index (χ2n) is 4.99. The topological polar surface area (TPSA) is 66.5 Å². The molecule has 1 heterocycles. The molecule has 5 nitrogen and oxygen atoms in total. The molecule has 20 heavy (non-hydrogen) atoms. The Bertz CT molecular complexity index is 578. The van der Waals surface area contributed by atoms with Crippen LogP contribution in [0.1, 0.15) is 28.8 Å². The molecule has 1 aromatic rings. The van der Waals surface area contributed by atoms with Crippen molar-refractivity contribution in [1.82, 2.24) is 9.62 Å². The van der Waals surface area contributed by atoms with E-state index in [1.807, 2.05) is 19.1 Å². The number of aryl methyl sites for hydroxylation is 1. The highest BCUT2D eigenvalue weighted by molar-refractivity contribution is 7.89. The van der Waals surface area contributed by atoms with Crippen LogP contribution >= 0.6 is 0 Å². The van der Waals surface area contributed by atoms with Gasteiger partial charge >= 0.3 is 0 Å². The number of hydrogen-bond donors (Lipinski definition) is 1. The summed E-state index contributed by atoms with van der Waals surface area (Å²) in [5.74, 6) is -0.260. The minimum atomic E-state index is -3.23. The molecular weight excluding hydrogens is 276 g/mol. The minimum absolute atomic E-state index is 0.0371. The Balaban J connectivity index is 1.87. The van der Waals surface area contributed by atoms with Crippen LogP contribution in [0, 0.1) is 6.92 Å². The van der Waals surface area contributed by atoms with Gasteiger partial charge < -0.3 is 5.32 Å². The van der Waals surface area contributed by atoms with E-state index in [2.05, 4.69) is 5.32 Å². The molecule has 1 saturated heterocycles. The van der Waals surface area contributed by atoms with Crippen molar-refractivity contribution in [2.75, 3.05) is 25.4 Å². The third-order valence-electron chi connectivity index (χ3n) is 3.49. The maximum atomic E-state index is 12.0. The van der Waals surface area contributed by atoms with Gasteiger partial charge in [-0.2, -0.15) is 0 Å². The van der Waals surface area contributed by atoms with E-state index in [0.717, 1.165) is 18.4 Å². The molecule has 0 radical (unpaired) electrons. The number of hydrogen-bond acceptors (Lipinski definition) is 3. The van der Waals surface area contributed by atoms with E-state index < -0.39 is 10.0 Å². The van der Waals surface area contributed by atoms with Crippen molar-refractivity contribution >= 4 is 15.9 Å². The number of benzene rings is 1. The molecule has 0 bridgehead atoms. The Kier molecular flexibility index (Phi) is 4.77. The number of amides is 1. The molecular formula is C14H20N2O3S. The highest BCUT2D eigenvalue weighted by atomic mass is 32.2. The predicted octanol–water partition coefficient (Wildman–Crippen LogP) is 1.15. The van der Waals surface area contributed by atoms with Crippen molar-refractivity contribution in [2.45, 2.75) is 19.8 Å².